The Morgan fingerprint density at radius 1 is 1.11 bits per heavy atom. The number of rotatable bonds is 5. The molecule has 1 aromatic heterocycles. The highest BCUT2D eigenvalue weighted by molar-refractivity contribution is 5.85. The Hall–Kier alpha value is -2.30. The topological polar surface area (TPSA) is 68.3 Å². The van der Waals surface area contributed by atoms with Gasteiger partial charge in [-0.05, 0) is 36.5 Å². The average Bonchev–Trinajstić information content (AvgIpc) is 3.26. The molecule has 1 unspecified atom stereocenters. The van der Waals surface area contributed by atoms with Crippen LogP contribution in [0.3, 0.4) is 0 Å². The van der Waals surface area contributed by atoms with Crippen molar-refractivity contribution in [3.63, 3.8) is 0 Å². The van der Waals surface area contributed by atoms with E-state index in [4.69, 9.17) is 10.2 Å². The lowest BCUT2D eigenvalue weighted by molar-refractivity contribution is -0.122. The maximum Gasteiger partial charge on any atom is 0.221 e. The predicted octanol–water partition coefficient (Wildman–Crippen LogP) is 4.58. The fourth-order valence-corrected chi connectivity index (χ4v) is 3.89. The highest BCUT2D eigenvalue weighted by Gasteiger charge is 2.28. The third-order valence-corrected chi connectivity index (χ3v) is 5.33. The number of para-hydroxylation sites is 1. The molecule has 27 heavy (non-hydrogen) atoms. The summed E-state index contributed by atoms with van der Waals surface area (Å²) in [5, 5.41) is 4.21. The van der Waals surface area contributed by atoms with Gasteiger partial charge in [0.15, 0.2) is 0 Å². The second-order valence-corrected chi connectivity index (χ2v) is 7.16. The number of nitrogens with one attached hydrogen (secondary N) is 1. The molecule has 3 aromatic rings. The standard InChI is InChI=1S/C22H24N2O2.ClH/c23-18-11-6-10-16(18)14-21(25)24-22(15-7-2-1-3-8-15)20-13-17-9-4-5-12-19(17)26-20;/h1-5,7-9,12-13,16,18,22H,6,10-11,14,23H2,(H,24,25);1H/t16-,18+,22?;/m0./s1. The minimum Gasteiger partial charge on any atom is -0.459 e. The van der Waals surface area contributed by atoms with E-state index in [0.717, 1.165) is 41.6 Å². The zero-order valence-corrected chi connectivity index (χ0v) is 16.0. The summed E-state index contributed by atoms with van der Waals surface area (Å²) in [6.45, 7) is 0. The van der Waals surface area contributed by atoms with Crippen molar-refractivity contribution in [3.8, 4) is 0 Å². The molecule has 0 bridgehead atoms. The summed E-state index contributed by atoms with van der Waals surface area (Å²) in [4.78, 5) is 12.7. The molecule has 3 atom stereocenters. The fraction of sp³-hybridized carbons (Fsp3) is 0.318. The number of benzene rings is 2. The zero-order chi connectivity index (χ0) is 17.9. The van der Waals surface area contributed by atoms with Gasteiger partial charge in [-0.15, -0.1) is 12.4 Å². The second kappa shape index (κ2) is 8.59. The van der Waals surface area contributed by atoms with Crippen LogP contribution in [0.2, 0.25) is 0 Å². The van der Waals surface area contributed by atoms with Crippen molar-refractivity contribution < 1.29 is 9.21 Å². The average molecular weight is 385 g/mol. The van der Waals surface area contributed by atoms with Crippen LogP contribution in [0.1, 0.15) is 43.0 Å². The number of carbonyl (C=O) groups excluding carboxylic acids is 1. The highest BCUT2D eigenvalue weighted by Crippen LogP contribution is 2.30. The van der Waals surface area contributed by atoms with Crippen molar-refractivity contribution in [1.82, 2.24) is 5.32 Å². The second-order valence-electron chi connectivity index (χ2n) is 7.16. The van der Waals surface area contributed by atoms with Crippen LogP contribution >= 0.6 is 12.4 Å². The quantitative estimate of drug-likeness (QED) is 0.676. The molecule has 1 aliphatic rings. The van der Waals surface area contributed by atoms with E-state index in [1.54, 1.807) is 0 Å². The number of carbonyl (C=O) groups is 1. The molecule has 142 valence electrons. The number of fused-ring (bicyclic) bond motifs is 1. The van der Waals surface area contributed by atoms with Gasteiger partial charge in [0.25, 0.3) is 0 Å². The predicted molar refractivity (Wildman–Crippen MR) is 110 cm³/mol. The van der Waals surface area contributed by atoms with Gasteiger partial charge in [-0.1, -0.05) is 55.0 Å². The summed E-state index contributed by atoms with van der Waals surface area (Å²) in [7, 11) is 0. The van der Waals surface area contributed by atoms with Crippen LogP contribution in [-0.4, -0.2) is 11.9 Å². The summed E-state index contributed by atoms with van der Waals surface area (Å²) < 4.78 is 6.04. The molecule has 1 fully saturated rings. The molecule has 2 aromatic carbocycles. The van der Waals surface area contributed by atoms with Gasteiger partial charge in [-0.25, -0.2) is 0 Å². The molecule has 0 aliphatic heterocycles. The number of nitrogens with two attached hydrogens (primary N) is 1. The Labute approximate surface area is 165 Å². The van der Waals surface area contributed by atoms with Crippen molar-refractivity contribution in [2.75, 3.05) is 0 Å². The van der Waals surface area contributed by atoms with Gasteiger partial charge in [-0.2, -0.15) is 0 Å². The lowest BCUT2D eigenvalue weighted by Crippen LogP contribution is -2.34. The van der Waals surface area contributed by atoms with Gasteiger partial charge in [0.2, 0.25) is 5.91 Å². The van der Waals surface area contributed by atoms with E-state index < -0.39 is 0 Å². The minimum absolute atomic E-state index is 0. The monoisotopic (exact) mass is 384 g/mol. The first-order valence-electron chi connectivity index (χ1n) is 9.29. The zero-order valence-electron chi connectivity index (χ0n) is 15.1. The van der Waals surface area contributed by atoms with Crippen LogP contribution in [0.4, 0.5) is 0 Å². The summed E-state index contributed by atoms with van der Waals surface area (Å²) in [6.07, 6.45) is 3.65. The Morgan fingerprint density at radius 3 is 2.56 bits per heavy atom. The van der Waals surface area contributed by atoms with E-state index in [0.29, 0.717) is 6.42 Å². The number of amides is 1. The smallest absolute Gasteiger partial charge is 0.221 e. The molecule has 1 saturated carbocycles. The molecule has 0 radical (unpaired) electrons. The van der Waals surface area contributed by atoms with Crippen molar-refractivity contribution in [2.45, 2.75) is 37.8 Å². The molecule has 4 nitrogen and oxygen atoms in total. The SMILES string of the molecule is Cl.N[C@@H]1CCC[C@H]1CC(=O)NC(c1ccccc1)c1cc2ccccc2o1. The van der Waals surface area contributed by atoms with Crippen LogP contribution in [-0.2, 0) is 4.79 Å². The van der Waals surface area contributed by atoms with Crippen molar-refractivity contribution in [2.24, 2.45) is 11.7 Å². The molecular weight excluding hydrogens is 360 g/mol. The van der Waals surface area contributed by atoms with E-state index in [9.17, 15) is 4.79 Å². The van der Waals surface area contributed by atoms with Crippen LogP contribution < -0.4 is 11.1 Å². The number of furan rings is 1. The summed E-state index contributed by atoms with van der Waals surface area (Å²) >= 11 is 0. The van der Waals surface area contributed by atoms with E-state index >= 15 is 0 Å². The first-order chi connectivity index (χ1) is 12.7. The van der Waals surface area contributed by atoms with Crippen molar-refractivity contribution in [1.29, 1.82) is 0 Å². The lowest BCUT2D eigenvalue weighted by atomic mass is 9.98. The maximum absolute atomic E-state index is 12.7. The van der Waals surface area contributed by atoms with Crippen LogP contribution in [0.15, 0.2) is 65.1 Å². The lowest BCUT2D eigenvalue weighted by Gasteiger charge is -2.20. The molecule has 1 heterocycles. The van der Waals surface area contributed by atoms with Gasteiger partial charge in [0, 0.05) is 17.8 Å². The van der Waals surface area contributed by atoms with Crippen LogP contribution in [0, 0.1) is 5.92 Å². The fourth-order valence-electron chi connectivity index (χ4n) is 3.89. The van der Waals surface area contributed by atoms with E-state index in [1.165, 1.54) is 0 Å². The number of hydrogen-bond donors (Lipinski definition) is 2. The Bertz CT molecular complexity index is 860. The van der Waals surface area contributed by atoms with E-state index in [2.05, 4.69) is 5.32 Å². The van der Waals surface area contributed by atoms with Crippen LogP contribution in [0.25, 0.3) is 11.0 Å². The Kier molecular flexibility index (Phi) is 6.19. The minimum atomic E-state index is -0.297. The summed E-state index contributed by atoms with van der Waals surface area (Å²) in [5.74, 6) is 1.06. The van der Waals surface area contributed by atoms with Crippen molar-refractivity contribution >= 4 is 29.3 Å². The Morgan fingerprint density at radius 2 is 1.85 bits per heavy atom. The summed E-state index contributed by atoms with van der Waals surface area (Å²) in [5.41, 5.74) is 7.97. The molecule has 5 heteroatoms. The third kappa shape index (κ3) is 4.34. The van der Waals surface area contributed by atoms with E-state index in [1.807, 2.05) is 60.7 Å². The molecule has 3 N–H and O–H groups in total. The van der Waals surface area contributed by atoms with Gasteiger partial charge in [-0.3, -0.25) is 4.79 Å². The number of hydrogen-bond acceptors (Lipinski definition) is 3. The first-order valence-corrected chi connectivity index (χ1v) is 9.29. The molecule has 0 saturated heterocycles. The highest BCUT2D eigenvalue weighted by atomic mass is 35.5. The largest absolute Gasteiger partial charge is 0.459 e. The molecular formula is C22H25ClN2O2. The molecule has 4 rings (SSSR count). The van der Waals surface area contributed by atoms with E-state index in [-0.39, 0.29) is 36.3 Å². The van der Waals surface area contributed by atoms with Crippen LogP contribution in [0.5, 0.6) is 0 Å². The molecule has 1 amide bonds. The van der Waals surface area contributed by atoms with Gasteiger partial charge >= 0.3 is 0 Å². The van der Waals surface area contributed by atoms with Gasteiger partial charge in [0.1, 0.15) is 17.4 Å². The van der Waals surface area contributed by atoms with Crippen molar-refractivity contribution in [3.05, 3.63) is 72.0 Å². The summed E-state index contributed by atoms with van der Waals surface area (Å²) in [6, 6.07) is 19.7. The molecule has 0 spiro atoms. The molecule has 1 aliphatic carbocycles. The number of halogens is 1. The van der Waals surface area contributed by atoms with Gasteiger partial charge < -0.3 is 15.5 Å². The first kappa shape index (κ1) is 19.5. The normalized spacial score (nSPS) is 20.2. The third-order valence-electron chi connectivity index (χ3n) is 5.33. The maximum atomic E-state index is 12.7. The Balaban J connectivity index is 0.00000210. The van der Waals surface area contributed by atoms with Gasteiger partial charge in [0.05, 0.1) is 0 Å².